The van der Waals surface area contributed by atoms with Crippen molar-refractivity contribution in [3.63, 3.8) is 0 Å². The number of hydrogen-bond acceptors (Lipinski definition) is 2. The second kappa shape index (κ2) is 8.96. The van der Waals surface area contributed by atoms with Crippen molar-refractivity contribution in [2.24, 2.45) is 7.05 Å². The summed E-state index contributed by atoms with van der Waals surface area (Å²) in [4.78, 5) is 12.1. The third-order valence-electron chi connectivity index (χ3n) is 3.95. The van der Waals surface area contributed by atoms with Gasteiger partial charge in [0.15, 0.2) is 5.78 Å². The number of ether oxygens (including phenoxy) is 1. The second-order valence-corrected chi connectivity index (χ2v) is 5.59. The molecule has 1 aromatic rings. The molecule has 3 heteroatoms. The van der Waals surface area contributed by atoms with Gasteiger partial charge in [0.1, 0.15) is 6.61 Å². The molecular weight excluding hydrogens is 250 g/mol. The van der Waals surface area contributed by atoms with Crippen LogP contribution in [0.25, 0.3) is 0 Å². The van der Waals surface area contributed by atoms with E-state index >= 15 is 0 Å². The van der Waals surface area contributed by atoms with E-state index in [1.54, 1.807) is 0 Å². The summed E-state index contributed by atoms with van der Waals surface area (Å²) >= 11 is 0. The highest BCUT2D eigenvalue weighted by atomic mass is 16.5. The van der Waals surface area contributed by atoms with Gasteiger partial charge in [0.25, 0.3) is 0 Å². The van der Waals surface area contributed by atoms with E-state index in [9.17, 15) is 4.79 Å². The summed E-state index contributed by atoms with van der Waals surface area (Å²) in [6.07, 6.45) is 7.47. The highest BCUT2D eigenvalue weighted by Crippen LogP contribution is 2.14. The number of Topliss-reactive ketones (excluding diaryl/α,β-unsaturated/α-hetero) is 1. The van der Waals surface area contributed by atoms with E-state index in [1.807, 2.05) is 31.5 Å². The van der Waals surface area contributed by atoms with Crippen molar-refractivity contribution in [2.45, 2.75) is 59.3 Å². The molecule has 0 aliphatic heterocycles. The van der Waals surface area contributed by atoms with Crippen molar-refractivity contribution in [3.8, 4) is 0 Å². The maximum atomic E-state index is 12.1. The van der Waals surface area contributed by atoms with E-state index in [-0.39, 0.29) is 12.4 Å². The SMILES string of the molecule is CCCCCCCCOCC(=O)c1cc(C)n(C)c1C. The minimum absolute atomic E-state index is 0.0946. The molecule has 0 aromatic carbocycles. The number of ketones is 1. The number of carbonyl (C=O) groups is 1. The Morgan fingerprint density at radius 2 is 1.80 bits per heavy atom. The van der Waals surface area contributed by atoms with Crippen molar-refractivity contribution in [2.75, 3.05) is 13.2 Å². The van der Waals surface area contributed by atoms with Crippen molar-refractivity contribution >= 4 is 5.78 Å². The van der Waals surface area contributed by atoms with Crippen LogP contribution in [0, 0.1) is 13.8 Å². The molecular formula is C17H29NO2. The topological polar surface area (TPSA) is 31.2 Å². The van der Waals surface area contributed by atoms with Gasteiger partial charge in [-0.3, -0.25) is 4.79 Å². The molecule has 3 nitrogen and oxygen atoms in total. The van der Waals surface area contributed by atoms with Crippen molar-refractivity contribution < 1.29 is 9.53 Å². The van der Waals surface area contributed by atoms with Crippen LogP contribution in [-0.2, 0) is 11.8 Å². The molecule has 0 saturated carbocycles. The normalized spacial score (nSPS) is 11.0. The lowest BCUT2D eigenvalue weighted by Gasteiger charge is -2.04. The molecule has 0 N–H and O–H groups in total. The summed E-state index contributed by atoms with van der Waals surface area (Å²) in [6.45, 7) is 7.12. The zero-order valence-electron chi connectivity index (χ0n) is 13.5. The van der Waals surface area contributed by atoms with E-state index in [0.29, 0.717) is 6.61 Å². The van der Waals surface area contributed by atoms with Crippen LogP contribution in [0.15, 0.2) is 6.07 Å². The summed E-state index contributed by atoms with van der Waals surface area (Å²) < 4.78 is 7.54. The molecule has 0 aliphatic carbocycles. The van der Waals surface area contributed by atoms with Crippen LogP contribution >= 0.6 is 0 Å². The molecule has 1 aromatic heterocycles. The average molecular weight is 279 g/mol. The number of aryl methyl sites for hydroxylation is 1. The molecule has 0 atom stereocenters. The van der Waals surface area contributed by atoms with Gasteiger partial charge in [0.2, 0.25) is 0 Å². The van der Waals surface area contributed by atoms with Crippen LogP contribution in [0.3, 0.4) is 0 Å². The van der Waals surface area contributed by atoms with E-state index in [0.717, 1.165) is 23.4 Å². The number of aromatic nitrogens is 1. The molecule has 0 fully saturated rings. The zero-order valence-corrected chi connectivity index (χ0v) is 13.5. The fourth-order valence-corrected chi connectivity index (χ4v) is 2.36. The summed E-state index contributed by atoms with van der Waals surface area (Å²) in [7, 11) is 1.98. The lowest BCUT2D eigenvalue weighted by atomic mass is 10.1. The Hall–Kier alpha value is -1.09. The third-order valence-corrected chi connectivity index (χ3v) is 3.95. The Morgan fingerprint density at radius 3 is 2.40 bits per heavy atom. The van der Waals surface area contributed by atoms with Crippen LogP contribution in [0.2, 0.25) is 0 Å². The van der Waals surface area contributed by atoms with Gasteiger partial charge in [0.05, 0.1) is 0 Å². The van der Waals surface area contributed by atoms with Gasteiger partial charge < -0.3 is 9.30 Å². The van der Waals surface area contributed by atoms with Crippen molar-refractivity contribution in [1.29, 1.82) is 0 Å². The fourth-order valence-electron chi connectivity index (χ4n) is 2.36. The predicted molar refractivity (Wildman–Crippen MR) is 83.4 cm³/mol. The van der Waals surface area contributed by atoms with Crippen molar-refractivity contribution in [1.82, 2.24) is 4.57 Å². The number of hydrogen-bond donors (Lipinski definition) is 0. The Balaban J connectivity index is 2.19. The monoisotopic (exact) mass is 279 g/mol. The van der Waals surface area contributed by atoms with Gasteiger partial charge in [-0.15, -0.1) is 0 Å². The molecule has 1 rings (SSSR count). The van der Waals surface area contributed by atoms with Gasteiger partial charge in [-0.1, -0.05) is 39.0 Å². The smallest absolute Gasteiger partial charge is 0.190 e. The van der Waals surface area contributed by atoms with E-state index in [4.69, 9.17) is 4.74 Å². The minimum Gasteiger partial charge on any atom is -0.373 e. The lowest BCUT2D eigenvalue weighted by Crippen LogP contribution is -2.11. The number of rotatable bonds is 10. The first-order chi connectivity index (χ1) is 9.57. The van der Waals surface area contributed by atoms with Crippen LogP contribution in [0.1, 0.15) is 67.2 Å². The first-order valence-electron chi connectivity index (χ1n) is 7.81. The van der Waals surface area contributed by atoms with Crippen LogP contribution in [-0.4, -0.2) is 23.6 Å². The summed E-state index contributed by atoms with van der Waals surface area (Å²) in [5.74, 6) is 0.0946. The molecule has 0 amide bonds. The first-order valence-corrected chi connectivity index (χ1v) is 7.81. The second-order valence-electron chi connectivity index (χ2n) is 5.59. The van der Waals surface area contributed by atoms with E-state index in [1.165, 1.54) is 32.1 Å². The average Bonchev–Trinajstić information content (AvgIpc) is 2.69. The minimum atomic E-state index is 0.0946. The van der Waals surface area contributed by atoms with Gasteiger partial charge >= 0.3 is 0 Å². The van der Waals surface area contributed by atoms with Crippen molar-refractivity contribution in [3.05, 3.63) is 23.0 Å². The van der Waals surface area contributed by atoms with Gasteiger partial charge in [-0.25, -0.2) is 0 Å². The van der Waals surface area contributed by atoms with Crippen LogP contribution < -0.4 is 0 Å². The van der Waals surface area contributed by atoms with Gasteiger partial charge in [0, 0.05) is 30.6 Å². The summed E-state index contributed by atoms with van der Waals surface area (Å²) in [5, 5.41) is 0. The fraction of sp³-hybridized carbons (Fsp3) is 0.706. The first kappa shape index (κ1) is 17.0. The Bertz CT molecular complexity index is 421. The predicted octanol–water partition coefficient (Wildman–Crippen LogP) is 4.20. The van der Waals surface area contributed by atoms with Gasteiger partial charge in [-0.2, -0.15) is 0 Å². The molecule has 0 radical (unpaired) electrons. The molecule has 0 aliphatic rings. The molecule has 0 unspecified atom stereocenters. The van der Waals surface area contributed by atoms with Crippen LogP contribution in [0.4, 0.5) is 0 Å². The molecule has 20 heavy (non-hydrogen) atoms. The van der Waals surface area contributed by atoms with Gasteiger partial charge in [-0.05, 0) is 26.3 Å². The Kier molecular flexibility index (Phi) is 7.60. The number of nitrogens with zero attached hydrogens (tertiary/aromatic N) is 1. The molecule has 0 saturated heterocycles. The Labute approximate surface area is 123 Å². The maximum absolute atomic E-state index is 12.1. The van der Waals surface area contributed by atoms with E-state index < -0.39 is 0 Å². The number of carbonyl (C=O) groups excluding carboxylic acids is 1. The number of unbranched alkanes of at least 4 members (excludes halogenated alkanes) is 5. The Morgan fingerprint density at radius 1 is 1.15 bits per heavy atom. The third kappa shape index (κ3) is 5.12. The largest absolute Gasteiger partial charge is 0.373 e. The zero-order chi connectivity index (χ0) is 15.0. The maximum Gasteiger partial charge on any atom is 0.190 e. The quantitative estimate of drug-likeness (QED) is 0.475. The van der Waals surface area contributed by atoms with E-state index in [2.05, 4.69) is 6.92 Å². The molecule has 1 heterocycles. The lowest BCUT2D eigenvalue weighted by molar-refractivity contribution is 0.0751. The summed E-state index contributed by atoms with van der Waals surface area (Å²) in [6, 6.07) is 1.95. The standard InChI is InChI=1S/C17H29NO2/c1-5-6-7-8-9-10-11-20-13-17(19)16-12-14(2)18(4)15(16)3/h12H,5-11,13H2,1-4H3. The molecule has 114 valence electrons. The van der Waals surface area contributed by atoms with Crippen LogP contribution in [0.5, 0.6) is 0 Å². The highest BCUT2D eigenvalue weighted by molar-refractivity contribution is 5.98. The molecule has 0 spiro atoms. The summed E-state index contributed by atoms with van der Waals surface area (Å²) in [5.41, 5.74) is 2.94. The highest BCUT2D eigenvalue weighted by Gasteiger charge is 2.13. The molecule has 0 bridgehead atoms.